The highest BCUT2D eigenvalue weighted by Crippen LogP contribution is 2.34. The van der Waals surface area contributed by atoms with Crippen molar-refractivity contribution in [2.45, 2.75) is 26.3 Å². The molecule has 2 rings (SSSR count). The van der Waals surface area contributed by atoms with E-state index in [0.29, 0.717) is 13.1 Å². The van der Waals surface area contributed by atoms with E-state index >= 15 is 0 Å². The maximum atomic E-state index is 12.0. The Balaban J connectivity index is 2.63. The molecular formula is C12H18N6O3. The Kier molecular flexibility index (Phi) is 3.67. The molecule has 1 aromatic rings. The SMILES string of the molecule is CNc1nc(C)c([N+](=O)[O-])c(N2CCNC(=O)C2(C)C)n1. The number of aryl methyl sites for hydroxylation is 1. The standard InChI is InChI=1S/C12H18N6O3/c1-7-8(18(20)21)9(16-11(13-4)15-7)17-6-5-14-10(19)12(17,2)3/h5-6H2,1-4H3,(H,14,19)(H,13,15,16). The number of anilines is 2. The summed E-state index contributed by atoms with van der Waals surface area (Å²) in [6.07, 6.45) is 0. The van der Waals surface area contributed by atoms with Crippen LogP contribution in [0, 0.1) is 17.0 Å². The van der Waals surface area contributed by atoms with Gasteiger partial charge in [0.2, 0.25) is 17.7 Å². The van der Waals surface area contributed by atoms with E-state index in [2.05, 4.69) is 20.6 Å². The van der Waals surface area contributed by atoms with Gasteiger partial charge < -0.3 is 15.5 Å². The van der Waals surface area contributed by atoms with Crippen molar-refractivity contribution in [1.29, 1.82) is 0 Å². The van der Waals surface area contributed by atoms with E-state index in [0.717, 1.165) is 0 Å². The molecule has 0 aliphatic carbocycles. The fraction of sp³-hybridized carbons (Fsp3) is 0.583. The van der Waals surface area contributed by atoms with Crippen LogP contribution in [0.15, 0.2) is 0 Å². The third kappa shape index (κ3) is 2.46. The maximum Gasteiger partial charge on any atom is 0.332 e. The topological polar surface area (TPSA) is 113 Å². The molecule has 21 heavy (non-hydrogen) atoms. The van der Waals surface area contributed by atoms with Crippen LogP contribution in [0.4, 0.5) is 17.5 Å². The van der Waals surface area contributed by atoms with Gasteiger partial charge in [-0.1, -0.05) is 0 Å². The van der Waals surface area contributed by atoms with E-state index in [-0.39, 0.29) is 29.1 Å². The molecule has 0 unspecified atom stereocenters. The Morgan fingerprint density at radius 2 is 2.10 bits per heavy atom. The quantitative estimate of drug-likeness (QED) is 0.614. The molecule has 1 fully saturated rings. The van der Waals surface area contributed by atoms with Gasteiger partial charge in [0.05, 0.1) is 4.92 Å². The van der Waals surface area contributed by atoms with Crippen LogP contribution in [0.25, 0.3) is 0 Å². The van der Waals surface area contributed by atoms with Crippen LogP contribution in [0.5, 0.6) is 0 Å². The molecule has 9 heteroatoms. The van der Waals surface area contributed by atoms with E-state index in [1.54, 1.807) is 32.7 Å². The lowest BCUT2D eigenvalue weighted by atomic mass is 9.98. The molecule has 0 aromatic carbocycles. The second-order valence-electron chi connectivity index (χ2n) is 5.28. The summed E-state index contributed by atoms with van der Waals surface area (Å²) in [5, 5.41) is 16.9. The molecule has 1 aliphatic rings. The van der Waals surface area contributed by atoms with Crippen molar-refractivity contribution in [3.8, 4) is 0 Å². The first-order chi connectivity index (χ1) is 9.78. The molecule has 0 spiro atoms. The van der Waals surface area contributed by atoms with Crippen molar-refractivity contribution >= 4 is 23.4 Å². The molecule has 0 radical (unpaired) electrons. The molecule has 2 N–H and O–H groups in total. The van der Waals surface area contributed by atoms with Crippen LogP contribution in [-0.4, -0.2) is 46.5 Å². The summed E-state index contributed by atoms with van der Waals surface area (Å²) in [7, 11) is 1.64. The fourth-order valence-corrected chi connectivity index (χ4v) is 2.34. The van der Waals surface area contributed by atoms with Crippen LogP contribution in [0.1, 0.15) is 19.5 Å². The van der Waals surface area contributed by atoms with Gasteiger partial charge in [-0.25, -0.2) is 4.98 Å². The van der Waals surface area contributed by atoms with Gasteiger partial charge in [0.1, 0.15) is 11.2 Å². The van der Waals surface area contributed by atoms with Crippen LogP contribution in [0.3, 0.4) is 0 Å². The smallest absolute Gasteiger partial charge is 0.332 e. The monoisotopic (exact) mass is 294 g/mol. The van der Waals surface area contributed by atoms with E-state index in [4.69, 9.17) is 0 Å². The predicted molar refractivity (Wildman–Crippen MR) is 77.4 cm³/mol. The van der Waals surface area contributed by atoms with Gasteiger partial charge in [-0.2, -0.15) is 4.98 Å². The van der Waals surface area contributed by atoms with Gasteiger partial charge in [-0.3, -0.25) is 14.9 Å². The number of carbonyl (C=O) groups is 1. The van der Waals surface area contributed by atoms with Crippen LogP contribution < -0.4 is 15.5 Å². The highest BCUT2D eigenvalue weighted by atomic mass is 16.6. The third-order valence-corrected chi connectivity index (χ3v) is 3.55. The Morgan fingerprint density at radius 3 is 2.67 bits per heavy atom. The number of nitro groups is 1. The van der Waals surface area contributed by atoms with Crippen LogP contribution >= 0.6 is 0 Å². The lowest BCUT2D eigenvalue weighted by Gasteiger charge is -2.41. The molecular weight excluding hydrogens is 276 g/mol. The zero-order chi connectivity index (χ0) is 15.8. The van der Waals surface area contributed by atoms with E-state index < -0.39 is 10.5 Å². The van der Waals surface area contributed by atoms with Gasteiger partial charge in [-0.05, 0) is 20.8 Å². The predicted octanol–water partition coefficient (Wildman–Crippen LogP) is 0.450. The fourth-order valence-electron chi connectivity index (χ4n) is 2.34. The van der Waals surface area contributed by atoms with Crippen molar-refractivity contribution in [3.63, 3.8) is 0 Å². The minimum atomic E-state index is -0.922. The Labute approximate surface area is 121 Å². The lowest BCUT2D eigenvalue weighted by Crippen LogP contribution is -2.62. The Morgan fingerprint density at radius 1 is 1.43 bits per heavy atom. The van der Waals surface area contributed by atoms with Crippen molar-refractivity contribution in [2.75, 3.05) is 30.4 Å². The van der Waals surface area contributed by atoms with E-state index in [1.807, 2.05) is 0 Å². The minimum absolute atomic E-state index is 0.164. The highest BCUT2D eigenvalue weighted by Gasteiger charge is 2.42. The molecule has 1 saturated heterocycles. The Bertz CT molecular complexity index is 601. The lowest BCUT2D eigenvalue weighted by molar-refractivity contribution is -0.385. The minimum Gasteiger partial charge on any atom is -0.357 e. The average Bonchev–Trinajstić information content (AvgIpc) is 2.40. The normalized spacial score (nSPS) is 17.3. The van der Waals surface area contributed by atoms with Gasteiger partial charge in [0, 0.05) is 20.1 Å². The molecule has 0 atom stereocenters. The summed E-state index contributed by atoms with van der Waals surface area (Å²) < 4.78 is 0. The zero-order valence-electron chi connectivity index (χ0n) is 12.4. The number of piperazine rings is 1. The van der Waals surface area contributed by atoms with Crippen molar-refractivity contribution < 1.29 is 9.72 Å². The van der Waals surface area contributed by atoms with Crippen molar-refractivity contribution in [1.82, 2.24) is 15.3 Å². The first kappa shape index (κ1) is 14.9. The second-order valence-corrected chi connectivity index (χ2v) is 5.28. The average molecular weight is 294 g/mol. The first-order valence-electron chi connectivity index (χ1n) is 6.55. The zero-order valence-corrected chi connectivity index (χ0v) is 12.4. The van der Waals surface area contributed by atoms with E-state index in [1.165, 1.54) is 0 Å². The molecule has 1 aromatic heterocycles. The Hall–Kier alpha value is -2.45. The van der Waals surface area contributed by atoms with Crippen LogP contribution in [0.2, 0.25) is 0 Å². The molecule has 9 nitrogen and oxygen atoms in total. The first-order valence-corrected chi connectivity index (χ1v) is 6.55. The van der Waals surface area contributed by atoms with Crippen molar-refractivity contribution in [2.24, 2.45) is 0 Å². The second kappa shape index (κ2) is 5.15. The third-order valence-electron chi connectivity index (χ3n) is 3.55. The number of aromatic nitrogens is 2. The van der Waals surface area contributed by atoms with Gasteiger partial charge in [0.15, 0.2) is 0 Å². The molecule has 0 saturated carbocycles. The van der Waals surface area contributed by atoms with Crippen LogP contribution in [-0.2, 0) is 4.79 Å². The van der Waals surface area contributed by atoms with Gasteiger partial charge in [0.25, 0.3) is 0 Å². The highest BCUT2D eigenvalue weighted by molar-refractivity contribution is 5.91. The number of nitrogens with zero attached hydrogens (tertiary/aromatic N) is 4. The molecule has 0 bridgehead atoms. The summed E-state index contributed by atoms with van der Waals surface area (Å²) in [6, 6.07) is 0. The summed E-state index contributed by atoms with van der Waals surface area (Å²) >= 11 is 0. The number of amides is 1. The summed E-state index contributed by atoms with van der Waals surface area (Å²) in [4.78, 5) is 32.8. The number of rotatable bonds is 3. The molecule has 1 amide bonds. The number of hydrogen-bond acceptors (Lipinski definition) is 7. The van der Waals surface area contributed by atoms with Crippen molar-refractivity contribution in [3.05, 3.63) is 15.8 Å². The molecule has 1 aliphatic heterocycles. The number of carbonyl (C=O) groups excluding carboxylic acids is 1. The summed E-state index contributed by atoms with van der Waals surface area (Å²) in [5.74, 6) is 0.261. The molecule has 2 heterocycles. The number of nitrogens with one attached hydrogen (secondary N) is 2. The largest absolute Gasteiger partial charge is 0.357 e. The van der Waals surface area contributed by atoms with Gasteiger partial charge >= 0.3 is 5.69 Å². The maximum absolute atomic E-state index is 12.0. The summed E-state index contributed by atoms with van der Waals surface area (Å²) in [6.45, 7) is 5.83. The van der Waals surface area contributed by atoms with E-state index in [9.17, 15) is 14.9 Å². The number of hydrogen-bond donors (Lipinski definition) is 2. The van der Waals surface area contributed by atoms with Gasteiger partial charge in [-0.15, -0.1) is 0 Å². The molecule has 114 valence electrons. The summed E-state index contributed by atoms with van der Waals surface area (Å²) in [5.41, 5.74) is -0.831.